The molecule has 1 heterocycles. The summed E-state index contributed by atoms with van der Waals surface area (Å²) in [6.07, 6.45) is 0. The molecule has 0 saturated carbocycles. The van der Waals surface area contributed by atoms with Crippen molar-refractivity contribution in [2.45, 2.75) is 0 Å². The number of hydrogen-bond acceptors (Lipinski definition) is 5. The zero-order chi connectivity index (χ0) is 11.4. The van der Waals surface area contributed by atoms with Crippen LogP contribution in [0.4, 0.5) is 0 Å². The number of methoxy groups -OCH3 is 1. The Morgan fingerprint density at radius 1 is 1.60 bits per heavy atom. The van der Waals surface area contributed by atoms with Gasteiger partial charge >= 0.3 is 11.9 Å². The van der Waals surface area contributed by atoms with E-state index in [0.29, 0.717) is 0 Å². The molecule has 15 heavy (non-hydrogen) atoms. The monoisotopic (exact) mass is 250 g/mol. The first-order chi connectivity index (χ1) is 7.06. The lowest BCUT2D eigenvalue weighted by atomic mass is 10.4. The molecule has 0 fully saturated rings. The number of aromatic carboxylic acids is 1. The molecule has 0 atom stereocenters. The molecule has 0 aliphatic rings. The van der Waals surface area contributed by atoms with E-state index in [0.717, 1.165) is 11.3 Å². The Morgan fingerprint density at radius 2 is 2.27 bits per heavy atom. The molecule has 1 aromatic rings. The number of carbonyl (C=O) groups excluding carboxylic acids is 1. The van der Waals surface area contributed by atoms with Crippen molar-refractivity contribution < 1.29 is 24.2 Å². The fourth-order valence-corrected chi connectivity index (χ4v) is 1.84. The van der Waals surface area contributed by atoms with E-state index >= 15 is 0 Å². The second kappa shape index (κ2) is 4.99. The van der Waals surface area contributed by atoms with Gasteiger partial charge in [-0.1, -0.05) is 11.6 Å². The highest BCUT2D eigenvalue weighted by Crippen LogP contribution is 2.34. The number of halogens is 1. The van der Waals surface area contributed by atoms with Gasteiger partial charge in [0, 0.05) is 5.38 Å². The molecule has 0 spiro atoms. The van der Waals surface area contributed by atoms with E-state index in [4.69, 9.17) is 21.4 Å². The molecular weight excluding hydrogens is 244 g/mol. The molecule has 0 radical (unpaired) electrons. The number of carbonyl (C=O) groups is 2. The number of rotatable bonds is 4. The van der Waals surface area contributed by atoms with Crippen molar-refractivity contribution >= 4 is 34.9 Å². The van der Waals surface area contributed by atoms with E-state index in [1.54, 1.807) is 0 Å². The average Bonchev–Trinajstić information content (AvgIpc) is 2.56. The molecule has 1 aromatic heterocycles. The maximum Gasteiger partial charge on any atom is 0.349 e. The Balaban J connectivity index is 2.79. The first-order valence-corrected chi connectivity index (χ1v) is 5.02. The van der Waals surface area contributed by atoms with Crippen molar-refractivity contribution in [3.8, 4) is 5.75 Å². The summed E-state index contributed by atoms with van der Waals surface area (Å²) in [4.78, 5) is 21.4. The van der Waals surface area contributed by atoms with Crippen LogP contribution in [0.1, 0.15) is 9.67 Å². The average molecular weight is 251 g/mol. The molecule has 1 N–H and O–H groups in total. The minimum absolute atomic E-state index is 0.000401. The van der Waals surface area contributed by atoms with Gasteiger partial charge in [-0.25, -0.2) is 9.59 Å². The van der Waals surface area contributed by atoms with Crippen LogP contribution < -0.4 is 4.74 Å². The summed E-state index contributed by atoms with van der Waals surface area (Å²) >= 11 is 6.62. The summed E-state index contributed by atoms with van der Waals surface area (Å²) in [5.74, 6) is -1.75. The van der Waals surface area contributed by atoms with Crippen LogP contribution in [0.5, 0.6) is 5.75 Å². The third kappa shape index (κ3) is 2.84. The molecule has 0 saturated heterocycles. The topological polar surface area (TPSA) is 72.8 Å². The second-order valence-corrected chi connectivity index (χ2v) is 3.70. The molecule has 0 unspecified atom stereocenters. The first kappa shape index (κ1) is 11.8. The third-order valence-electron chi connectivity index (χ3n) is 1.46. The van der Waals surface area contributed by atoms with Crippen LogP contribution in [0.3, 0.4) is 0 Å². The molecule has 0 bridgehead atoms. The van der Waals surface area contributed by atoms with Crippen LogP contribution in [0.25, 0.3) is 0 Å². The molecular formula is C8H7ClO5S. The van der Waals surface area contributed by atoms with E-state index in [-0.39, 0.29) is 22.3 Å². The fraction of sp³-hybridized carbons (Fsp3) is 0.250. The minimum atomic E-state index is -1.15. The van der Waals surface area contributed by atoms with E-state index in [9.17, 15) is 9.59 Å². The van der Waals surface area contributed by atoms with Crippen LogP contribution in [0.2, 0.25) is 5.02 Å². The highest BCUT2D eigenvalue weighted by Gasteiger charge is 2.18. The molecule has 0 aromatic carbocycles. The number of ether oxygens (including phenoxy) is 2. The predicted molar refractivity (Wildman–Crippen MR) is 53.8 cm³/mol. The highest BCUT2D eigenvalue weighted by atomic mass is 35.5. The predicted octanol–water partition coefficient (Wildman–Crippen LogP) is 1.65. The minimum Gasteiger partial charge on any atom is -0.479 e. The molecule has 82 valence electrons. The molecule has 7 heteroatoms. The van der Waals surface area contributed by atoms with Gasteiger partial charge in [-0.3, -0.25) is 0 Å². The van der Waals surface area contributed by atoms with Gasteiger partial charge < -0.3 is 14.6 Å². The van der Waals surface area contributed by atoms with Crippen LogP contribution in [-0.4, -0.2) is 30.8 Å². The van der Waals surface area contributed by atoms with Crippen LogP contribution in [0.15, 0.2) is 5.38 Å². The zero-order valence-corrected chi connectivity index (χ0v) is 9.22. The first-order valence-electron chi connectivity index (χ1n) is 3.76. The summed E-state index contributed by atoms with van der Waals surface area (Å²) in [6.45, 7) is -0.368. The van der Waals surface area contributed by atoms with Gasteiger partial charge in [0.25, 0.3) is 0 Å². The van der Waals surface area contributed by atoms with Crippen molar-refractivity contribution in [1.29, 1.82) is 0 Å². The smallest absolute Gasteiger partial charge is 0.349 e. The lowest BCUT2D eigenvalue weighted by molar-refractivity contribution is -0.142. The number of carboxylic acid groups (broad SMARTS) is 1. The van der Waals surface area contributed by atoms with Crippen LogP contribution >= 0.6 is 22.9 Å². The van der Waals surface area contributed by atoms with Gasteiger partial charge in [-0.2, -0.15) is 0 Å². The van der Waals surface area contributed by atoms with Crippen molar-refractivity contribution in [2.75, 3.05) is 13.7 Å². The van der Waals surface area contributed by atoms with E-state index in [2.05, 4.69) is 4.74 Å². The Kier molecular flexibility index (Phi) is 3.93. The normalized spacial score (nSPS) is 9.73. The summed E-state index contributed by atoms with van der Waals surface area (Å²) in [7, 11) is 1.21. The Hall–Kier alpha value is -1.27. The van der Waals surface area contributed by atoms with Gasteiger partial charge in [0.2, 0.25) is 0 Å². The second-order valence-electron chi connectivity index (χ2n) is 2.41. The van der Waals surface area contributed by atoms with E-state index in [1.807, 2.05) is 0 Å². The molecule has 0 aliphatic carbocycles. The van der Waals surface area contributed by atoms with Gasteiger partial charge in [-0.15, -0.1) is 11.3 Å². The fourth-order valence-electron chi connectivity index (χ4n) is 0.798. The maximum absolute atomic E-state index is 10.8. The van der Waals surface area contributed by atoms with Crippen molar-refractivity contribution in [1.82, 2.24) is 0 Å². The third-order valence-corrected chi connectivity index (χ3v) is 2.82. The lowest BCUT2D eigenvalue weighted by Gasteiger charge is -2.04. The van der Waals surface area contributed by atoms with Crippen LogP contribution in [-0.2, 0) is 9.53 Å². The van der Waals surface area contributed by atoms with Crippen molar-refractivity contribution in [2.24, 2.45) is 0 Å². The Labute approximate surface area is 94.2 Å². The van der Waals surface area contributed by atoms with Gasteiger partial charge in [0.05, 0.1) is 12.1 Å². The summed E-state index contributed by atoms with van der Waals surface area (Å²) < 4.78 is 9.28. The van der Waals surface area contributed by atoms with E-state index < -0.39 is 11.9 Å². The summed E-state index contributed by atoms with van der Waals surface area (Å²) in [6, 6.07) is 0. The summed E-state index contributed by atoms with van der Waals surface area (Å²) in [5.41, 5.74) is 0. The van der Waals surface area contributed by atoms with Crippen molar-refractivity contribution in [3.05, 3.63) is 15.3 Å². The highest BCUT2D eigenvalue weighted by molar-refractivity contribution is 7.13. The zero-order valence-electron chi connectivity index (χ0n) is 7.65. The van der Waals surface area contributed by atoms with Gasteiger partial charge in [0.15, 0.2) is 17.2 Å². The standard InChI is InChI=1S/C8H7ClO5S/c1-13-5(10)2-14-6-4(9)3-15-7(6)8(11)12/h3H,2H2,1H3,(H,11,12). The Bertz CT molecular complexity index is 386. The maximum atomic E-state index is 10.8. The van der Waals surface area contributed by atoms with Crippen LogP contribution in [0, 0.1) is 0 Å². The number of thiophene rings is 1. The number of hydrogen-bond donors (Lipinski definition) is 1. The van der Waals surface area contributed by atoms with Crippen molar-refractivity contribution in [3.63, 3.8) is 0 Å². The molecule has 5 nitrogen and oxygen atoms in total. The number of esters is 1. The molecule has 1 rings (SSSR count). The quantitative estimate of drug-likeness (QED) is 0.823. The number of carboxylic acids is 1. The molecule has 0 aliphatic heterocycles. The SMILES string of the molecule is COC(=O)COc1c(Cl)csc1C(=O)O. The van der Waals surface area contributed by atoms with Gasteiger partial charge in [0.1, 0.15) is 0 Å². The molecule has 0 amide bonds. The van der Waals surface area contributed by atoms with Gasteiger partial charge in [-0.05, 0) is 0 Å². The summed E-state index contributed by atoms with van der Waals surface area (Å²) in [5, 5.41) is 10.4. The Morgan fingerprint density at radius 3 is 2.80 bits per heavy atom. The lowest BCUT2D eigenvalue weighted by Crippen LogP contribution is -2.13. The largest absolute Gasteiger partial charge is 0.479 e. The van der Waals surface area contributed by atoms with E-state index in [1.165, 1.54) is 12.5 Å².